The molecule has 0 saturated heterocycles. The fourth-order valence-electron chi connectivity index (χ4n) is 3.85. The molecule has 32 heavy (non-hydrogen) atoms. The van der Waals surface area contributed by atoms with Crippen LogP contribution in [0.15, 0.2) is 36.4 Å². The molecule has 0 aromatic heterocycles. The Hall–Kier alpha value is -2.32. The van der Waals surface area contributed by atoms with Gasteiger partial charge >= 0.3 is 17.1 Å². The first kappa shape index (κ1) is 25.9. The minimum Gasteiger partial charge on any atom is -0.192 e. The van der Waals surface area contributed by atoms with Gasteiger partial charge in [0, 0.05) is 11.1 Å². The van der Waals surface area contributed by atoms with Gasteiger partial charge in [-0.2, -0.15) is 10.5 Å². The molecule has 0 unspecified atom stereocenters. The Balaban J connectivity index is 0.000000534. The van der Waals surface area contributed by atoms with E-state index in [9.17, 15) is 0 Å². The van der Waals surface area contributed by atoms with Crippen LogP contribution in [0.5, 0.6) is 0 Å². The average molecular weight is 456 g/mol. The van der Waals surface area contributed by atoms with Crippen LogP contribution in [-0.2, 0) is 17.1 Å². The molecule has 2 nitrogen and oxygen atoms in total. The molecular weight excluding hydrogens is 432 g/mol. The standard InChI is InChI=1S/C24H19N2.C5H5.Fe/c1-16-12-17(2)23(18(3)13-16)24(20-6-4-5-7-20)21-10-8-19(9-11-21)22(14-25)15-26;1-2-4-5-3-1;/h4-13H,1-3H3;1-5H;/q;;+2. The van der Waals surface area contributed by atoms with Gasteiger partial charge in [-0.25, -0.2) is 0 Å². The minimum atomic E-state index is 0. The molecule has 10 radical (unpaired) electrons. The molecule has 2 aliphatic carbocycles. The van der Waals surface area contributed by atoms with Crippen molar-refractivity contribution >= 4 is 11.1 Å². The summed E-state index contributed by atoms with van der Waals surface area (Å²) in [7, 11) is 0. The largest absolute Gasteiger partial charge is 2.00 e. The molecule has 156 valence electrons. The van der Waals surface area contributed by atoms with E-state index in [4.69, 9.17) is 10.5 Å². The van der Waals surface area contributed by atoms with Crippen LogP contribution in [0.1, 0.15) is 22.3 Å². The quantitative estimate of drug-likeness (QED) is 0.628. The molecule has 0 atom stereocenters. The third-order valence-corrected chi connectivity index (χ3v) is 5.12. The van der Waals surface area contributed by atoms with Gasteiger partial charge in [-0.3, -0.25) is 0 Å². The van der Waals surface area contributed by atoms with Crippen LogP contribution >= 0.6 is 0 Å². The smallest absolute Gasteiger partial charge is 0.192 e. The van der Waals surface area contributed by atoms with Gasteiger partial charge in [-0.15, -0.1) is 0 Å². The second-order valence-electron chi connectivity index (χ2n) is 7.46. The van der Waals surface area contributed by atoms with E-state index in [1.807, 2.05) is 81.3 Å². The zero-order valence-corrected chi connectivity index (χ0v) is 19.5. The summed E-state index contributed by atoms with van der Waals surface area (Å²) in [6.45, 7) is 6.40. The molecule has 2 saturated carbocycles. The summed E-state index contributed by atoms with van der Waals surface area (Å²) in [6, 6.07) is 16.0. The van der Waals surface area contributed by atoms with Crippen LogP contribution in [0.25, 0.3) is 11.1 Å². The van der Waals surface area contributed by atoms with Crippen LogP contribution in [0.3, 0.4) is 0 Å². The van der Waals surface area contributed by atoms with Gasteiger partial charge in [0.05, 0.1) is 0 Å². The van der Waals surface area contributed by atoms with Crippen molar-refractivity contribution in [3.63, 3.8) is 0 Å². The summed E-state index contributed by atoms with van der Waals surface area (Å²) in [4.78, 5) is 0. The van der Waals surface area contributed by atoms with Gasteiger partial charge in [0.15, 0.2) is 0 Å². The van der Waals surface area contributed by atoms with E-state index in [-0.39, 0.29) is 22.6 Å². The van der Waals surface area contributed by atoms with E-state index in [1.54, 1.807) is 0 Å². The van der Waals surface area contributed by atoms with Crippen molar-refractivity contribution < 1.29 is 17.1 Å². The molecule has 0 amide bonds. The summed E-state index contributed by atoms with van der Waals surface area (Å²) in [6.07, 6.45) is 18.3. The Morgan fingerprint density at radius 1 is 0.656 bits per heavy atom. The third kappa shape index (κ3) is 6.36. The van der Waals surface area contributed by atoms with Crippen LogP contribution < -0.4 is 10.4 Å². The molecule has 0 bridgehead atoms. The maximum Gasteiger partial charge on any atom is 2.00 e. The summed E-state index contributed by atoms with van der Waals surface area (Å²) in [5.41, 5.74) is 6.27. The topological polar surface area (TPSA) is 47.6 Å². The van der Waals surface area contributed by atoms with E-state index in [2.05, 4.69) is 45.7 Å². The molecule has 2 aromatic carbocycles. The van der Waals surface area contributed by atoms with E-state index in [0.29, 0.717) is 5.22 Å². The number of hydrogen-bond acceptors (Lipinski definition) is 2. The Bertz CT molecular complexity index is 1050. The van der Waals surface area contributed by atoms with Crippen molar-refractivity contribution in [1.29, 1.82) is 10.5 Å². The second-order valence-corrected chi connectivity index (χ2v) is 7.46. The van der Waals surface area contributed by atoms with Crippen LogP contribution in [0.4, 0.5) is 0 Å². The molecule has 0 heterocycles. The molecular formula is C29H24FeN2+2. The van der Waals surface area contributed by atoms with E-state index >= 15 is 0 Å². The average Bonchev–Trinajstić information content (AvgIpc) is 3.49. The maximum absolute atomic E-state index is 9.07. The molecule has 0 N–H and O–H groups in total. The van der Waals surface area contributed by atoms with Crippen molar-refractivity contribution in [3.8, 4) is 12.1 Å². The first-order valence-electron chi connectivity index (χ1n) is 10.2. The minimum absolute atomic E-state index is 0. The van der Waals surface area contributed by atoms with Crippen molar-refractivity contribution in [2.24, 2.45) is 0 Å². The van der Waals surface area contributed by atoms with Gasteiger partial charge < -0.3 is 0 Å². The molecule has 3 heteroatoms. The fraction of sp³-hybridized carbons (Fsp3) is 0.103. The molecule has 0 spiro atoms. The molecule has 2 aromatic rings. The Kier molecular flexibility index (Phi) is 10.3. The number of nitriles is 2. The number of hydrogen-bond donors (Lipinski definition) is 0. The van der Waals surface area contributed by atoms with Crippen molar-refractivity contribution in [1.82, 2.24) is 0 Å². The number of rotatable bonds is 2. The fourth-order valence-corrected chi connectivity index (χ4v) is 3.85. The van der Waals surface area contributed by atoms with Crippen molar-refractivity contribution in [2.75, 3.05) is 0 Å². The van der Waals surface area contributed by atoms with E-state index < -0.39 is 0 Å². The van der Waals surface area contributed by atoms with Gasteiger partial charge in [-0.05, 0) is 106 Å². The van der Waals surface area contributed by atoms with E-state index in [1.165, 1.54) is 27.8 Å². The number of benzene rings is 2. The summed E-state index contributed by atoms with van der Waals surface area (Å²) >= 11 is 0. The van der Waals surface area contributed by atoms with Crippen LogP contribution in [-0.4, -0.2) is 0 Å². The first-order chi connectivity index (χ1) is 15.0. The third-order valence-electron chi connectivity index (χ3n) is 5.12. The van der Waals surface area contributed by atoms with Crippen LogP contribution in [0, 0.1) is 107 Å². The predicted octanol–water partition coefficient (Wildman–Crippen LogP) is 4.43. The van der Waals surface area contributed by atoms with E-state index in [0.717, 1.165) is 11.1 Å². The van der Waals surface area contributed by atoms with Gasteiger partial charge in [0.25, 0.3) is 0 Å². The maximum atomic E-state index is 9.07. The molecule has 2 aliphatic rings. The van der Waals surface area contributed by atoms with Gasteiger partial charge in [-0.1, -0.05) is 42.0 Å². The normalized spacial score (nSPS) is 15.0. The zero-order chi connectivity index (χ0) is 22.2. The number of nitrogens with zero attached hydrogens (tertiary/aromatic N) is 2. The van der Waals surface area contributed by atoms with Gasteiger partial charge in [0.1, 0.15) is 17.7 Å². The Morgan fingerprint density at radius 3 is 1.53 bits per heavy atom. The van der Waals surface area contributed by atoms with Gasteiger partial charge in [0.2, 0.25) is 0 Å². The van der Waals surface area contributed by atoms with Crippen molar-refractivity contribution in [2.45, 2.75) is 20.8 Å². The zero-order valence-electron chi connectivity index (χ0n) is 18.4. The SMILES string of the molecule is Cc1cc(C)c(C([C]2[CH][CH][CH][CH]2)=c2ccc(=C(C#N)C#N)cc2)c(C)c1.[CH]1[CH][CH][CH][CH]1.[Fe+2]. The molecule has 0 aliphatic heterocycles. The molecule has 4 rings (SSSR count). The summed E-state index contributed by atoms with van der Waals surface area (Å²) in [5, 5.41) is 19.9. The molecule has 2 fully saturated rings. The monoisotopic (exact) mass is 456 g/mol. The van der Waals surface area contributed by atoms with Crippen LogP contribution in [0.2, 0.25) is 0 Å². The Morgan fingerprint density at radius 2 is 1.09 bits per heavy atom. The number of aryl methyl sites for hydroxylation is 3. The Labute approximate surface area is 204 Å². The predicted molar refractivity (Wildman–Crippen MR) is 125 cm³/mol. The summed E-state index contributed by atoms with van der Waals surface area (Å²) in [5.74, 6) is 1.16. The second kappa shape index (κ2) is 12.6. The summed E-state index contributed by atoms with van der Waals surface area (Å²) < 4.78 is 0. The first-order valence-corrected chi connectivity index (χ1v) is 10.2. The van der Waals surface area contributed by atoms with Crippen molar-refractivity contribution in [3.05, 3.63) is 133 Å².